The maximum atomic E-state index is 10.9. The maximum Gasteiger partial charge on any atom is 0.169 e. The fourth-order valence-corrected chi connectivity index (χ4v) is 3.38. The molecule has 0 N–H and O–H groups in total. The molecule has 0 aromatic rings. The van der Waals surface area contributed by atoms with Gasteiger partial charge in [-0.2, -0.15) is 0 Å². The first-order valence-electron chi connectivity index (χ1n) is 13.2. The van der Waals surface area contributed by atoms with Crippen LogP contribution in [0.4, 0.5) is 0 Å². The van der Waals surface area contributed by atoms with Crippen LogP contribution in [0, 0.1) is 0 Å². The van der Waals surface area contributed by atoms with E-state index < -0.39 is 9.76 Å². The van der Waals surface area contributed by atoms with Crippen molar-refractivity contribution in [2.24, 2.45) is 0 Å². The second-order valence-corrected chi connectivity index (χ2v) is 10.2. The zero-order chi connectivity index (χ0) is 30.0. The first-order chi connectivity index (χ1) is 17.8. The molecular weight excluding hydrogens is 533 g/mol. The van der Waals surface area contributed by atoms with Crippen LogP contribution in [0.1, 0.15) is 62.3 Å². The Morgan fingerprint density at radius 1 is 0.622 bits per heavy atom. The highest BCUT2D eigenvalue weighted by Gasteiger charge is 2.00. The lowest BCUT2D eigenvalue weighted by Crippen LogP contribution is -2.06. The number of carbonyl (C=O) groups excluding carboxylic acids is 1. The molecule has 0 saturated heterocycles. The summed E-state index contributed by atoms with van der Waals surface area (Å²) < 4.78 is 15.2. The van der Waals surface area contributed by atoms with Crippen LogP contribution in [-0.2, 0) is 47.4 Å². The molecule has 0 saturated carbocycles. The van der Waals surface area contributed by atoms with Crippen LogP contribution in [0.15, 0.2) is 12.2 Å². The Hall–Kier alpha value is -0.299. The number of allylic oxidation sites excluding steroid dienone is 1. The predicted octanol–water partition coefficient (Wildman–Crippen LogP) is 3.51. The minimum Gasteiger partial charge on any atom is -0.425 e. The minimum atomic E-state index is -0.589. The van der Waals surface area contributed by atoms with E-state index in [-0.39, 0.29) is 25.3 Å². The molecule has 0 aliphatic rings. The van der Waals surface area contributed by atoms with Crippen molar-refractivity contribution in [2.45, 2.75) is 80.9 Å². The van der Waals surface area contributed by atoms with Crippen molar-refractivity contribution < 1.29 is 47.4 Å². The molecule has 0 bridgehead atoms. The monoisotopic (exact) mass is 594 g/mol. The van der Waals surface area contributed by atoms with E-state index in [2.05, 4.69) is 49.4 Å². The third kappa shape index (κ3) is 94.6. The maximum absolute atomic E-state index is 10.9. The summed E-state index contributed by atoms with van der Waals surface area (Å²) in [6.07, 6.45) is 0. The van der Waals surface area contributed by atoms with E-state index in [0.29, 0.717) is 38.0 Å². The van der Waals surface area contributed by atoms with Gasteiger partial charge in [0, 0.05) is 25.9 Å². The molecule has 0 aromatic carbocycles. The number of carbonyl (C=O) groups is 1. The van der Waals surface area contributed by atoms with Crippen LogP contribution in [0.5, 0.6) is 0 Å². The van der Waals surface area contributed by atoms with E-state index in [4.69, 9.17) is 13.3 Å². The SMILES string of the molecule is C=C(C)C(=O)C[SiH2]OCC.CCOOCC.CCOOCC.CCO[SiH2]C.CCO[SiH2]CC.COOC. The van der Waals surface area contributed by atoms with Crippen LogP contribution < -0.4 is 0 Å². The summed E-state index contributed by atoms with van der Waals surface area (Å²) in [6.45, 7) is 28.2. The summed E-state index contributed by atoms with van der Waals surface area (Å²) in [5, 5.41) is 0. The van der Waals surface area contributed by atoms with Crippen LogP contribution in [0.3, 0.4) is 0 Å². The van der Waals surface area contributed by atoms with Crippen molar-refractivity contribution in [3.8, 4) is 0 Å². The molecule has 0 unspecified atom stereocenters. The van der Waals surface area contributed by atoms with E-state index in [0.717, 1.165) is 19.8 Å². The van der Waals surface area contributed by atoms with Crippen LogP contribution in [-0.4, -0.2) is 95.5 Å². The Kier molecular flexibility index (Phi) is 80.9. The second-order valence-electron chi connectivity index (χ2n) is 6.09. The van der Waals surface area contributed by atoms with E-state index in [1.165, 1.54) is 20.3 Å². The first-order valence-corrected chi connectivity index (χ1v) is 18.4. The Morgan fingerprint density at radius 2 is 0.973 bits per heavy atom. The smallest absolute Gasteiger partial charge is 0.169 e. The van der Waals surface area contributed by atoms with Gasteiger partial charge in [0.25, 0.3) is 0 Å². The van der Waals surface area contributed by atoms with Crippen molar-refractivity contribution in [2.75, 3.05) is 60.5 Å². The molecule has 0 heterocycles. The molecule has 0 aliphatic heterocycles. The number of ketones is 1. The van der Waals surface area contributed by atoms with Gasteiger partial charge in [-0.1, -0.05) is 20.0 Å². The largest absolute Gasteiger partial charge is 0.425 e. The van der Waals surface area contributed by atoms with E-state index >= 15 is 0 Å². The number of rotatable bonds is 17. The van der Waals surface area contributed by atoms with Crippen molar-refractivity contribution in [3.63, 3.8) is 0 Å². The first kappa shape index (κ1) is 49.6. The van der Waals surface area contributed by atoms with Gasteiger partial charge in [0.1, 0.15) is 0 Å². The molecule has 0 rings (SSSR count). The third-order valence-electron chi connectivity index (χ3n) is 2.92. The lowest BCUT2D eigenvalue weighted by atomic mass is 10.2. The Bertz CT molecular complexity index is 335. The topological polar surface area (TPSA) is 100 Å². The molecule has 0 fully saturated rings. The van der Waals surface area contributed by atoms with Gasteiger partial charge in [-0.25, -0.2) is 29.3 Å². The standard InChI is InChI=1S/C7H14O2Si.2C4H10O2.C4H12OSi.C3H10OSi.C2H6O2/c1-4-9-10-5-7(8)6(2)3;3*1-3-5-6-4-2;1-3-4-5-2;1-3-4-2/h2,4-5,10H2,1,3H3;2*3-4H2,1-2H3;3-4,6H2,1-2H3;3,5H2,1-2H3;1-2H3. The number of hydrogen-bond acceptors (Lipinski definition) is 10. The highest BCUT2D eigenvalue weighted by molar-refractivity contribution is 6.36. The summed E-state index contributed by atoms with van der Waals surface area (Å²) in [6, 6.07) is 1.87. The Balaban J connectivity index is -0.0000000801. The van der Waals surface area contributed by atoms with Gasteiger partial charge in [0.2, 0.25) is 0 Å². The molecule has 0 atom stereocenters. The summed E-state index contributed by atoms with van der Waals surface area (Å²) in [4.78, 5) is 36.9. The highest BCUT2D eigenvalue weighted by Crippen LogP contribution is 1.94. The summed E-state index contributed by atoms with van der Waals surface area (Å²) >= 11 is 0. The van der Waals surface area contributed by atoms with Gasteiger partial charge in [-0.15, -0.1) is 0 Å². The van der Waals surface area contributed by atoms with Crippen LogP contribution in [0.25, 0.3) is 0 Å². The third-order valence-corrected chi connectivity index (χ3v) is 6.20. The average Bonchev–Trinajstić information content (AvgIpc) is 2.91. The Morgan fingerprint density at radius 3 is 1.14 bits per heavy atom. The van der Waals surface area contributed by atoms with E-state index in [1.807, 2.05) is 48.5 Å². The minimum absolute atomic E-state index is 0.0783. The van der Waals surface area contributed by atoms with E-state index in [9.17, 15) is 4.79 Å². The van der Waals surface area contributed by atoms with Crippen molar-refractivity contribution in [1.29, 1.82) is 0 Å². The lowest BCUT2D eigenvalue weighted by Gasteiger charge is -1.98. The Labute approximate surface area is 236 Å². The molecule has 0 aromatic heterocycles. The van der Waals surface area contributed by atoms with Crippen molar-refractivity contribution in [1.82, 2.24) is 0 Å². The fourth-order valence-electron chi connectivity index (χ4n) is 1.35. The van der Waals surface area contributed by atoms with Crippen molar-refractivity contribution >= 4 is 35.1 Å². The highest BCUT2D eigenvalue weighted by atomic mass is 28.2. The summed E-state index contributed by atoms with van der Waals surface area (Å²) in [5.74, 6) is 0.153. The summed E-state index contributed by atoms with van der Waals surface area (Å²) in [7, 11) is 2.16. The predicted molar refractivity (Wildman–Crippen MR) is 162 cm³/mol. The number of Topliss-reactive ketones (excluding diaryl/α,β-unsaturated/α-hetero) is 1. The van der Waals surface area contributed by atoms with Crippen LogP contribution in [0.2, 0.25) is 18.6 Å². The van der Waals surface area contributed by atoms with Crippen LogP contribution >= 0.6 is 0 Å². The molecule has 0 amide bonds. The number of hydrogen-bond donors (Lipinski definition) is 0. The van der Waals surface area contributed by atoms with E-state index in [1.54, 1.807) is 6.92 Å². The summed E-state index contributed by atoms with van der Waals surface area (Å²) in [5.41, 5.74) is 0.646. The van der Waals surface area contributed by atoms with Gasteiger partial charge in [0.05, 0.1) is 40.6 Å². The zero-order valence-electron chi connectivity index (χ0n) is 26.3. The molecule has 0 aliphatic carbocycles. The quantitative estimate of drug-likeness (QED) is 0.0818. The van der Waals surface area contributed by atoms with Gasteiger partial charge in [-0.3, -0.25) is 4.79 Å². The van der Waals surface area contributed by atoms with Gasteiger partial charge in [0.15, 0.2) is 35.1 Å². The average molecular weight is 595 g/mol. The zero-order valence-corrected chi connectivity index (χ0v) is 30.5. The molecular formula is C24H62O10Si3. The molecule has 230 valence electrons. The van der Waals surface area contributed by atoms with Crippen molar-refractivity contribution in [3.05, 3.63) is 12.2 Å². The fraction of sp³-hybridized carbons (Fsp3) is 0.875. The molecule has 13 heteroatoms. The molecule has 10 nitrogen and oxygen atoms in total. The second kappa shape index (κ2) is 60.3. The lowest BCUT2D eigenvalue weighted by molar-refractivity contribution is -0.287. The van der Waals surface area contributed by atoms with Gasteiger partial charge < -0.3 is 13.3 Å². The van der Waals surface area contributed by atoms with Gasteiger partial charge in [-0.05, 0) is 67.0 Å². The van der Waals surface area contributed by atoms with Gasteiger partial charge >= 0.3 is 0 Å². The molecule has 0 spiro atoms. The molecule has 0 radical (unpaired) electrons. The normalized spacial score (nSPS) is 9.84. The molecule has 37 heavy (non-hydrogen) atoms.